The molecule has 0 radical (unpaired) electrons. The molecule has 34 heavy (non-hydrogen) atoms. The smallest absolute Gasteiger partial charge is 0.283 e. The lowest BCUT2D eigenvalue weighted by atomic mass is 9.97. The fraction of sp³-hybridized carbons (Fsp3) is 0.400. The lowest BCUT2D eigenvalue weighted by molar-refractivity contribution is -0.119. The number of amidine groups is 1. The summed E-state index contributed by atoms with van der Waals surface area (Å²) in [7, 11) is 1.53. The molecule has 0 atom stereocenters. The Labute approximate surface area is 208 Å². The van der Waals surface area contributed by atoms with E-state index in [2.05, 4.69) is 10.3 Å². The average Bonchev–Trinajstić information content (AvgIpc) is 3.42. The molecule has 1 fully saturated rings. The largest absolute Gasteiger partial charge is 0.495 e. The quantitative estimate of drug-likeness (QED) is 0.517. The van der Waals surface area contributed by atoms with E-state index in [-0.39, 0.29) is 29.3 Å². The maximum Gasteiger partial charge on any atom is 0.283 e. The molecule has 2 heterocycles. The van der Waals surface area contributed by atoms with Gasteiger partial charge in [-0.3, -0.25) is 14.5 Å². The summed E-state index contributed by atoms with van der Waals surface area (Å²) in [5.74, 6) is 0.820. The lowest BCUT2D eigenvalue weighted by Crippen LogP contribution is -2.37. The molecule has 4 rings (SSSR count). The van der Waals surface area contributed by atoms with E-state index >= 15 is 0 Å². The molecule has 0 saturated heterocycles. The van der Waals surface area contributed by atoms with Crippen molar-refractivity contribution in [2.75, 3.05) is 17.8 Å². The van der Waals surface area contributed by atoms with Crippen LogP contribution in [0.15, 0.2) is 51.7 Å². The van der Waals surface area contributed by atoms with Crippen LogP contribution in [0.1, 0.15) is 50.7 Å². The van der Waals surface area contributed by atoms with Crippen LogP contribution in [0.5, 0.6) is 5.75 Å². The summed E-state index contributed by atoms with van der Waals surface area (Å²) in [6.07, 6.45) is 11.2. The molecule has 0 bridgehead atoms. The van der Waals surface area contributed by atoms with Crippen molar-refractivity contribution in [1.29, 1.82) is 0 Å². The summed E-state index contributed by atoms with van der Waals surface area (Å²) in [5.41, 5.74) is 0.773. The van der Waals surface area contributed by atoms with Crippen molar-refractivity contribution in [1.82, 2.24) is 5.32 Å². The molecule has 1 aromatic heterocycles. The Morgan fingerprint density at radius 1 is 1.26 bits per heavy atom. The molecule has 9 heteroatoms. The molecule has 2 amide bonds. The van der Waals surface area contributed by atoms with E-state index in [1.54, 1.807) is 36.4 Å². The van der Waals surface area contributed by atoms with Crippen LogP contribution < -0.4 is 15.0 Å². The number of carbonyl (C=O) groups excluding carboxylic acids is 2. The average molecular weight is 502 g/mol. The Bertz CT molecular complexity index is 1080. The number of furan rings is 1. The number of nitrogens with zero attached hydrogens (tertiary/aromatic N) is 2. The summed E-state index contributed by atoms with van der Waals surface area (Å²) in [6, 6.07) is 8.79. The van der Waals surface area contributed by atoms with Gasteiger partial charge in [0.15, 0.2) is 5.17 Å². The van der Waals surface area contributed by atoms with Gasteiger partial charge in [-0.2, -0.15) is 0 Å². The number of rotatable bonds is 6. The Hall–Kier alpha value is -2.71. The number of hydrogen-bond acceptors (Lipinski definition) is 6. The summed E-state index contributed by atoms with van der Waals surface area (Å²) in [4.78, 5) is 32.0. The highest BCUT2D eigenvalue weighted by Crippen LogP contribution is 2.34. The highest BCUT2D eigenvalue weighted by atomic mass is 35.5. The molecule has 1 aliphatic carbocycles. The SMILES string of the molecule is COc1ccc(N2C(=O)/C(=C/c3ccco3)N=C2SCC(=O)NC2CCCCCCC2)cc1Cl. The first-order valence-corrected chi connectivity index (χ1v) is 12.9. The third-order valence-electron chi connectivity index (χ3n) is 5.85. The van der Waals surface area contributed by atoms with Gasteiger partial charge in [-0.1, -0.05) is 55.5 Å². The molecule has 0 unspecified atom stereocenters. The van der Waals surface area contributed by atoms with Crippen molar-refractivity contribution < 1.29 is 18.7 Å². The van der Waals surface area contributed by atoms with E-state index in [1.165, 1.54) is 49.3 Å². The predicted octanol–water partition coefficient (Wildman–Crippen LogP) is 5.65. The van der Waals surface area contributed by atoms with Gasteiger partial charge in [0.1, 0.15) is 17.2 Å². The summed E-state index contributed by atoms with van der Waals surface area (Å²) in [6.45, 7) is 0. The molecule has 2 aromatic rings. The van der Waals surface area contributed by atoms with Crippen LogP contribution >= 0.6 is 23.4 Å². The predicted molar refractivity (Wildman–Crippen MR) is 136 cm³/mol. The summed E-state index contributed by atoms with van der Waals surface area (Å²) in [5, 5.41) is 3.95. The third-order valence-corrected chi connectivity index (χ3v) is 7.08. The normalized spacial score (nSPS) is 18.5. The van der Waals surface area contributed by atoms with Crippen molar-refractivity contribution in [2.45, 2.75) is 51.0 Å². The molecular formula is C25H28ClN3O4S. The zero-order valence-corrected chi connectivity index (χ0v) is 20.7. The summed E-state index contributed by atoms with van der Waals surface area (Å²) >= 11 is 7.54. The maximum absolute atomic E-state index is 13.3. The van der Waals surface area contributed by atoms with Gasteiger partial charge in [0, 0.05) is 12.1 Å². The monoisotopic (exact) mass is 501 g/mol. The second-order valence-corrected chi connectivity index (χ2v) is 9.65. The summed E-state index contributed by atoms with van der Waals surface area (Å²) < 4.78 is 10.6. The first-order valence-electron chi connectivity index (χ1n) is 11.5. The van der Waals surface area contributed by atoms with Crippen LogP contribution in [0.4, 0.5) is 5.69 Å². The van der Waals surface area contributed by atoms with Crippen molar-refractivity contribution in [3.05, 3.63) is 53.1 Å². The molecular weight excluding hydrogens is 474 g/mol. The van der Waals surface area contributed by atoms with Gasteiger partial charge in [0.25, 0.3) is 5.91 Å². The zero-order chi connectivity index (χ0) is 23.9. The van der Waals surface area contributed by atoms with Gasteiger partial charge in [-0.15, -0.1) is 0 Å². The van der Waals surface area contributed by atoms with E-state index in [9.17, 15) is 9.59 Å². The van der Waals surface area contributed by atoms with Crippen LogP contribution in [0.3, 0.4) is 0 Å². The number of halogens is 1. The third kappa shape index (κ3) is 6.04. The number of aliphatic imine (C=N–C) groups is 1. The highest BCUT2D eigenvalue weighted by molar-refractivity contribution is 8.14. The van der Waals surface area contributed by atoms with Crippen molar-refractivity contribution >= 4 is 52.1 Å². The van der Waals surface area contributed by atoms with Crippen LogP contribution in [-0.2, 0) is 9.59 Å². The minimum atomic E-state index is -0.319. The van der Waals surface area contributed by atoms with Gasteiger partial charge in [0.2, 0.25) is 5.91 Å². The fourth-order valence-corrected chi connectivity index (χ4v) is 5.20. The van der Waals surface area contributed by atoms with Crippen molar-refractivity contribution in [3.8, 4) is 5.75 Å². The van der Waals surface area contributed by atoms with Crippen molar-refractivity contribution in [3.63, 3.8) is 0 Å². The fourth-order valence-electron chi connectivity index (χ4n) is 4.12. The number of thioether (sulfide) groups is 1. The number of methoxy groups -OCH3 is 1. The number of benzene rings is 1. The van der Waals surface area contributed by atoms with Crippen LogP contribution in [0.25, 0.3) is 6.08 Å². The van der Waals surface area contributed by atoms with E-state index in [0.717, 1.165) is 25.7 Å². The Morgan fingerprint density at radius 3 is 2.71 bits per heavy atom. The molecule has 7 nitrogen and oxygen atoms in total. The molecule has 1 aromatic carbocycles. The van der Waals surface area contributed by atoms with Crippen LogP contribution in [-0.4, -0.2) is 35.9 Å². The molecule has 1 N–H and O–H groups in total. The van der Waals surface area contributed by atoms with Gasteiger partial charge >= 0.3 is 0 Å². The standard InChI is InChI=1S/C25H28ClN3O4S/c1-32-22-12-11-18(14-20(22)26)29-24(31)21(15-19-10-7-13-33-19)28-25(29)34-16-23(30)27-17-8-5-3-2-4-6-9-17/h7,10-15,17H,2-6,8-9,16H2,1H3,(H,27,30)/b21-15-. The van der Waals surface area contributed by atoms with Gasteiger partial charge in [-0.25, -0.2) is 4.99 Å². The number of carbonyl (C=O) groups is 2. The minimum absolute atomic E-state index is 0.0538. The second-order valence-electron chi connectivity index (χ2n) is 8.30. The number of anilines is 1. The van der Waals surface area contributed by atoms with Gasteiger partial charge in [-0.05, 0) is 43.2 Å². The number of amides is 2. The van der Waals surface area contributed by atoms with E-state index < -0.39 is 0 Å². The van der Waals surface area contributed by atoms with Gasteiger partial charge < -0.3 is 14.5 Å². The zero-order valence-electron chi connectivity index (χ0n) is 19.1. The maximum atomic E-state index is 13.3. The van der Waals surface area contributed by atoms with Crippen molar-refractivity contribution in [2.24, 2.45) is 4.99 Å². The van der Waals surface area contributed by atoms with E-state index in [1.807, 2.05) is 0 Å². The number of hydrogen-bond donors (Lipinski definition) is 1. The molecule has 1 aliphatic heterocycles. The topological polar surface area (TPSA) is 84.1 Å². The Balaban J connectivity index is 1.50. The highest BCUT2D eigenvalue weighted by Gasteiger charge is 2.33. The minimum Gasteiger partial charge on any atom is -0.495 e. The first kappa shape index (κ1) is 24.4. The lowest BCUT2D eigenvalue weighted by Gasteiger charge is -2.21. The molecule has 180 valence electrons. The Morgan fingerprint density at radius 2 is 2.03 bits per heavy atom. The number of nitrogens with one attached hydrogen (secondary N) is 1. The van der Waals surface area contributed by atoms with Crippen LogP contribution in [0, 0.1) is 0 Å². The second kappa shape index (κ2) is 11.6. The Kier molecular flexibility index (Phi) is 8.34. The number of ether oxygens (including phenoxy) is 1. The van der Waals surface area contributed by atoms with E-state index in [0.29, 0.717) is 27.4 Å². The molecule has 0 spiro atoms. The van der Waals surface area contributed by atoms with E-state index in [4.69, 9.17) is 20.8 Å². The van der Waals surface area contributed by atoms with Crippen LogP contribution in [0.2, 0.25) is 5.02 Å². The first-order chi connectivity index (χ1) is 16.5. The van der Waals surface area contributed by atoms with Gasteiger partial charge in [0.05, 0.1) is 29.8 Å². The molecule has 1 saturated carbocycles. The molecule has 2 aliphatic rings.